The van der Waals surface area contributed by atoms with E-state index in [1.54, 1.807) is 0 Å². The lowest BCUT2D eigenvalue weighted by Crippen LogP contribution is -1.88. The second kappa shape index (κ2) is 4.72. The molecule has 2 heterocycles. The molecular formula is C14H11ClN2OS. The van der Waals surface area contributed by atoms with Crippen molar-refractivity contribution in [2.24, 2.45) is 0 Å². The van der Waals surface area contributed by atoms with E-state index in [9.17, 15) is 0 Å². The van der Waals surface area contributed by atoms with Crippen LogP contribution < -0.4 is 5.73 Å². The Morgan fingerprint density at radius 2 is 1.95 bits per heavy atom. The zero-order valence-electron chi connectivity index (χ0n) is 10.2. The van der Waals surface area contributed by atoms with Crippen LogP contribution in [0.25, 0.3) is 21.8 Å². The van der Waals surface area contributed by atoms with Gasteiger partial charge in [-0.2, -0.15) is 0 Å². The van der Waals surface area contributed by atoms with Crippen LogP contribution in [-0.2, 0) is 0 Å². The predicted molar refractivity (Wildman–Crippen MR) is 79.4 cm³/mol. The van der Waals surface area contributed by atoms with E-state index in [4.69, 9.17) is 21.9 Å². The molecule has 0 unspecified atom stereocenters. The number of rotatable bonds is 2. The number of nitrogen functional groups attached to an aromatic ring is 1. The fourth-order valence-corrected chi connectivity index (χ4v) is 3.04. The first kappa shape index (κ1) is 12.3. The van der Waals surface area contributed by atoms with Crippen molar-refractivity contribution in [3.8, 4) is 21.8 Å². The Bertz CT molecular complexity index is 715. The number of anilines is 1. The maximum Gasteiger partial charge on any atom is 0.188 e. The molecular weight excluding hydrogens is 280 g/mol. The summed E-state index contributed by atoms with van der Waals surface area (Å²) in [6.45, 7) is 2.04. The van der Waals surface area contributed by atoms with Gasteiger partial charge in [0.15, 0.2) is 11.6 Å². The number of aryl methyl sites for hydroxylation is 1. The van der Waals surface area contributed by atoms with Gasteiger partial charge in [0.1, 0.15) is 0 Å². The highest BCUT2D eigenvalue weighted by molar-refractivity contribution is 7.14. The van der Waals surface area contributed by atoms with E-state index in [2.05, 4.69) is 5.16 Å². The Morgan fingerprint density at radius 1 is 1.21 bits per heavy atom. The first-order chi connectivity index (χ1) is 9.16. The molecule has 0 saturated heterocycles. The quantitative estimate of drug-likeness (QED) is 0.749. The van der Waals surface area contributed by atoms with Crippen molar-refractivity contribution in [3.63, 3.8) is 0 Å². The van der Waals surface area contributed by atoms with Crippen LogP contribution in [0.15, 0.2) is 40.2 Å². The summed E-state index contributed by atoms with van der Waals surface area (Å²) in [5, 5.41) is 6.42. The predicted octanol–water partition coefficient (Wildman–Crippen LogP) is 4.61. The summed E-state index contributed by atoms with van der Waals surface area (Å²) >= 11 is 7.66. The van der Waals surface area contributed by atoms with E-state index in [1.165, 1.54) is 16.9 Å². The largest absolute Gasteiger partial charge is 0.380 e. The lowest BCUT2D eigenvalue weighted by Gasteiger charge is -2.02. The average Bonchev–Trinajstić information content (AvgIpc) is 2.97. The van der Waals surface area contributed by atoms with Gasteiger partial charge >= 0.3 is 0 Å². The standard InChI is InChI=1S/C14H11ClN2OS/c1-8-2-4-9(5-3-8)11-12(18-17-14(11)16)13-10(15)6-7-19-13/h2-7H,1H3,(H2,16,17). The summed E-state index contributed by atoms with van der Waals surface area (Å²) in [5.74, 6) is 1.00. The van der Waals surface area contributed by atoms with E-state index in [-0.39, 0.29) is 0 Å². The molecule has 96 valence electrons. The van der Waals surface area contributed by atoms with Crippen molar-refractivity contribution < 1.29 is 4.52 Å². The first-order valence-electron chi connectivity index (χ1n) is 5.72. The maximum absolute atomic E-state index is 6.15. The van der Waals surface area contributed by atoms with Gasteiger partial charge in [-0.25, -0.2) is 0 Å². The van der Waals surface area contributed by atoms with E-state index in [1.807, 2.05) is 42.6 Å². The Labute approximate surface area is 119 Å². The fraction of sp³-hybridized carbons (Fsp3) is 0.0714. The van der Waals surface area contributed by atoms with E-state index < -0.39 is 0 Å². The molecule has 3 rings (SSSR count). The molecule has 3 nitrogen and oxygen atoms in total. The van der Waals surface area contributed by atoms with Gasteiger partial charge in [0.05, 0.1) is 15.5 Å². The number of hydrogen-bond donors (Lipinski definition) is 1. The normalized spacial score (nSPS) is 10.8. The van der Waals surface area contributed by atoms with Crippen LogP contribution in [0.4, 0.5) is 5.82 Å². The minimum Gasteiger partial charge on any atom is -0.380 e. The molecule has 19 heavy (non-hydrogen) atoms. The summed E-state index contributed by atoms with van der Waals surface area (Å²) in [4.78, 5) is 0.849. The van der Waals surface area contributed by atoms with Crippen molar-refractivity contribution >= 4 is 28.8 Å². The Hall–Kier alpha value is -1.78. The van der Waals surface area contributed by atoms with Gasteiger partial charge in [0.2, 0.25) is 0 Å². The van der Waals surface area contributed by atoms with Crippen LogP contribution in [0.1, 0.15) is 5.56 Å². The van der Waals surface area contributed by atoms with Gasteiger partial charge in [-0.1, -0.05) is 46.6 Å². The molecule has 0 aliphatic heterocycles. The van der Waals surface area contributed by atoms with Crippen LogP contribution >= 0.6 is 22.9 Å². The number of nitrogens with two attached hydrogens (primary N) is 1. The van der Waals surface area contributed by atoms with Crippen LogP contribution in [-0.4, -0.2) is 5.16 Å². The number of aromatic nitrogens is 1. The highest BCUT2D eigenvalue weighted by Crippen LogP contribution is 2.42. The molecule has 3 aromatic rings. The zero-order chi connectivity index (χ0) is 13.4. The summed E-state index contributed by atoms with van der Waals surface area (Å²) in [6.07, 6.45) is 0. The molecule has 5 heteroatoms. The molecule has 0 bridgehead atoms. The SMILES string of the molecule is Cc1ccc(-c2c(N)noc2-c2sccc2Cl)cc1. The topological polar surface area (TPSA) is 52.0 Å². The first-order valence-corrected chi connectivity index (χ1v) is 6.98. The van der Waals surface area contributed by atoms with Crippen molar-refractivity contribution in [1.82, 2.24) is 5.16 Å². The van der Waals surface area contributed by atoms with Crippen molar-refractivity contribution in [1.29, 1.82) is 0 Å². The van der Waals surface area contributed by atoms with Crippen molar-refractivity contribution in [2.75, 3.05) is 5.73 Å². The third kappa shape index (κ3) is 2.13. The fourth-order valence-electron chi connectivity index (χ4n) is 1.91. The van der Waals surface area contributed by atoms with Crippen LogP contribution in [0, 0.1) is 6.92 Å². The third-order valence-electron chi connectivity index (χ3n) is 2.88. The number of thiophene rings is 1. The molecule has 0 saturated carbocycles. The van der Waals surface area contributed by atoms with E-state index in [0.717, 1.165) is 16.0 Å². The molecule has 2 N–H and O–H groups in total. The third-order valence-corrected chi connectivity index (χ3v) is 4.22. The molecule has 1 aromatic carbocycles. The second-order valence-electron chi connectivity index (χ2n) is 4.24. The minimum absolute atomic E-state index is 0.378. The lowest BCUT2D eigenvalue weighted by atomic mass is 10.0. The van der Waals surface area contributed by atoms with E-state index in [0.29, 0.717) is 16.6 Å². The Kier molecular flexibility index (Phi) is 3.05. The molecule has 0 atom stereocenters. The highest BCUT2D eigenvalue weighted by atomic mass is 35.5. The van der Waals surface area contributed by atoms with Crippen LogP contribution in [0.3, 0.4) is 0 Å². The molecule has 0 spiro atoms. The number of hydrogen-bond acceptors (Lipinski definition) is 4. The average molecular weight is 291 g/mol. The highest BCUT2D eigenvalue weighted by Gasteiger charge is 2.20. The van der Waals surface area contributed by atoms with Gasteiger partial charge < -0.3 is 10.3 Å². The second-order valence-corrected chi connectivity index (χ2v) is 5.56. The number of halogens is 1. The number of benzene rings is 1. The lowest BCUT2D eigenvalue weighted by molar-refractivity contribution is 0.437. The van der Waals surface area contributed by atoms with Crippen molar-refractivity contribution in [2.45, 2.75) is 6.92 Å². The summed E-state index contributed by atoms with van der Waals surface area (Å²) in [5.41, 5.74) is 8.89. The van der Waals surface area contributed by atoms with E-state index >= 15 is 0 Å². The molecule has 0 aliphatic carbocycles. The summed E-state index contributed by atoms with van der Waals surface area (Å²) in [7, 11) is 0. The maximum atomic E-state index is 6.15. The molecule has 0 amide bonds. The summed E-state index contributed by atoms with van der Waals surface area (Å²) in [6, 6.07) is 9.90. The molecule has 0 fully saturated rings. The monoisotopic (exact) mass is 290 g/mol. The molecule has 0 radical (unpaired) electrons. The van der Waals surface area contributed by atoms with Crippen LogP contribution in [0.2, 0.25) is 5.02 Å². The van der Waals surface area contributed by atoms with Gasteiger partial charge in [0, 0.05) is 0 Å². The van der Waals surface area contributed by atoms with Gasteiger partial charge in [0.25, 0.3) is 0 Å². The smallest absolute Gasteiger partial charge is 0.188 e. The zero-order valence-corrected chi connectivity index (χ0v) is 11.8. The number of nitrogens with zero attached hydrogens (tertiary/aromatic N) is 1. The van der Waals surface area contributed by atoms with Crippen LogP contribution in [0.5, 0.6) is 0 Å². The van der Waals surface area contributed by atoms with Gasteiger partial charge in [-0.05, 0) is 23.9 Å². The Balaban J connectivity index is 2.19. The van der Waals surface area contributed by atoms with Gasteiger partial charge in [-0.3, -0.25) is 0 Å². The molecule has 0 aliphatic rings. The molecule has 2 aromatic heterocycles. The summed E-state index contributed by atoms with van der Waals surface area (Å²) < 4.78 is 5.36. The Morgan fingerprint density at radius 3 is 2.58 bits per heavy atom. The van der Waals surface area contributed by atoms with Crippen molar-refractivity contribution in [3.05, 3.63) is 46.3 Å². The van der Waals surface area contributed by atoms with Gasteiger partial charge in [-0.15, -0.1) is 11.3 Å². The minimum atomic E-state index is 0.378.